The summed E-state index contributed by atoms with van der Waals surface area (Å²) >= 11 is 6.84. The lowest BCUT2D eigenvalue weighted by Gasteiger charge is -2.09. The van der Waals surface area contributed by atoms with Gasteiger partial charge >= 0.3 is 0 Å². The zero-order valence-corrected chi connectivity index (χ0v) is 13.8. The first-order chi connectivity index (χ1) is 9.51. The van der Waals surface area contributed by atoms with Crippen molar-refractivity contribution in [2.75, 3.05) is 0 Å². The molecule has 2 rings (SSSR count). The summed E-state index contributed by atoms with van der Waals surface area (Å²) in [5.41, 5.74) is 1.79. The molecule has 0 aromatic heterocycles. The second-order valence-electron chi connectivity index (χ2n) is 4.21. The molecule has 0 aliphatic rings. The first-order valence-corrected chi connectivity index (χ1v) is 7.70. The van der Waals surface area contributed by atoms with E-state index in [1.807, 2.05) is 18.2 Å². The van der Waals surface area contributed by atoms with E-state index in [4.69, 9.17) is 4.74 Å². The summed E-state index contributed by atoms with van der Waals surface area (Å²) in [4.78, 5) is 10.4. The lowest BCUT2D eigenvalue weighted by atomic mass is 10.2. The Bertz CT molecular complexity index is 659. The van der Waals surface area contributed by atoms with Crippen molar-refractivity contribution in [1.29, 1.82) is 0 Å². The molecular formula is C14H11Br2NO3. The Labute approximate surface area is 133 Å². The molecule has 0 amide bonds. The molecule has 0 radical (unpaired) electrons. The van der Waals surface area contributed by atoms with Gasteiger partial charge in [0.05, 0.1) is 9.40 Å². The number of nitrogens with zero attached hydrogens (tertiary/aromatic N) is 1. The fourth-order valence-corrected chi connectivity index (χ4v) is 2.59. The molecule has 2 aromatic rings. The third kappa shape index (κ3) is 3.37. The minimum absolute atomic E-state index is 0.0889. The fourth-order valence-electron chi connectivity index (χ4n) is 1.73. The summed E-state index contributed by atoms with van der Waals surface area (Å²) in [6.07, 6.45) is 0. The normalized spacial score (nSPS) is 10.3. The summed E-state index contributed by atoms with van der Waals surface area (Å²) in [5, 5.41) is 11.5. The molecule has 0 unspecified atom stereocenters. The number of rotatable bonds is 4. The predicted octanol–water partition coefficient (Wildman–Crippen LogP) is 5.35. The molecule has 6 heteroatoms. The van der Waals surface area contributed by atoms with Gasteiger partial charge in [0.1, 0.15) is 11.5 Å². The molecule has 0 saturated carbocycles. The van der Waals surface area contributed by atoms with Crippen LogP contribution in [0.25, 0.3) is 0 Å². The zero-order valence-electron chi connectivity index (χ0n) is 10.6. The van der Waals surface area contributed by atoms with Crippen molar-refractivity contribution in [2.24, 2.45) is 0 Å². The second kappa shape index (κ2) is 6.37. The molecule has 0 saturated heterocycles. The van der Waals surface area contributed by atoms with E-state index >= 15 is 0 Å². The minimum Gasteiger partial charge on any atom is -0.456 e. The van der Waals surface area contributed by atoms with Gasteiger partial charge in [-0.15, -0.1) is 0 Å². The molecule has 0 aliphatic heterocycles. The van der Waals surface area contributed by atoms with Crippen molar-refractivity contribution in [1.82, 2.24) is 0 Å². The lowest BCUT2D eigenvalue weighted by Crippen LogP contribution is -1.93. The van der Waals surface area contributed by atoms with E-state index in [2.05, 4.69) is 31.9 Å². The molecule has 0 fully saturated rings. The largest absolute Gasteiger partial charge is 0.456 e. The van der Waals surface area contributed by atoms with Crippen LogP contribution in [-0.4, -0.2) is 4.92 Å². The smallest absolute Gasteiger partial charge is 0.272 e. The average Bonchev–Trinajstić information content (AvgIpc) is 2.40. The zero-order chi connectivity index (χ0) is 14.7. The van der Waals surface area contributed by atoms with E-state index in [-0.39, 0.29) is 5.69 Å². The Morgan fingerprint density at radius 2 is 2.00 bits per heavy atom. The van der Waals surface area contributed by atoms with Crippen molar-refractivity contribution >= 4 is 37.5 Å². The van der Waals surface area contributed by atoms with Gasteiger partial charge < -0.3 is 4.74 Å². The van der Waals surface area contributed by atoms with Crippen LogP contribution in [0.1, 0.15) is 11.1 Å². The summed E-state index contributed by atoms with van der Waals surface area (Å²) in [6, 6.07) is 10.5. The number of halogens is 2. The van der Waals surface area contributed by atoms with Crippen molar-refractivity contribution in [3.8, 4) is 11.5 Å². The predicted molar refractivity (Wildman–Crippen MR) is 84.7 cm³/mol. The van der Waals surface area contributed by atoms with Gasteiger partial charge in [0.25, 0.3) is 5.69 Å². The summed E-state index contributed by atoms with van der Waals surface area (Å²) in [7, 11) is 0. The van der Waals surface area contributed by atoms with Crippen LogP contribution in [0.2, 0.25) is 0 Å². The van der Waals surface area contributed by atoms with Crippen LogP contribution in [0.3, 0.4) is 0 Å². The van der Waals surface area contributed by atoms with Gasteiger partial charge in [-0.2, -0.15) is 0 Å². The molecule has 0 heterocycles. The van der Waals surface area contributed by atoms with E-state index in [9.17, 15) is 10.1 Å². The molecule has 0 aliphatic carbocycles. The van der Waals surface area contributed by atoms with Crippen LogP contribution in [0.5, 0.6) is 11.5 Å². The Morgan fingerprint density at radius 1 is 1.25 bits per heavy atom. The maximum atomic E-state index is 10.8. The minimum atomic E-state index is -0.403. The summed E-state index contributed by atoms with van der Waals surface area (Å²) in [6.45, 7) is 1.69. The number of hydrogen-bond acceptors (Lipinski definition) is 3. The Hall–Kier alpha value is -1.40. The first-order valence-electron chi connectivity index (χ1n) is 5.78. The van der Waals surface area contributed by atoms with Gasteiger partial charge in [-0.05, 0) is 52.7 Å². The average molecular weight is 401 g/mol. The molecule has 0 spiro atoms. The van der Waals surface area contributed by atoms with Gasteiger partial charge in [-0.25, -0.2) is 0 Å². The number of alkyl halides is 1. The van der Waals surface area contributed by atoms with Crippen LogP contribution in [0, 0.1) is 17.0 Å². The quantitative estimate of drug-likeness (QED) is 0.394. The van der Waals surface area contributed by atoms with Crippen molar-refractivity contribution in [3.63, 3.8) is 0 Å². The molecular weight excluding hydrogens is 390 g/mol. The second-order valence-corrected chi connectivity index (χ2v) is 5.62. The van der Waals surface area contributed by atoms with Gasteiger partial charge in [0, 0.05) is 17.0 Å². The number of hydrogen-bond donors (Lipinski definition) is 0. The fraction of sp³-hybridized carbons (Fsp3) is 0.143. The van der Waals surface area contributed by atoms with Crippen molar-refractivity contribution in [2.45, 2.75) is 12.3 Å². The Morgan fingerprint density at radius 3 is 2.55 bits per heavy atom. The topological polar surface area (TPSA) is 52.4 Å². The van der Waals surface area contributed by atoms with Gasteiger partial charge in [0.15, 0.2) is 0 Å². The van der Waals surface area contributed by atoms with Gasteiger partial charge in [-0.3, -0.25) is 10.1 Å². The van der Waals surface area contributed by atoms with E-state index in [0.717, 1.165) is 15.4 Å². The highest BCUT2D eigenvalue weighted by atomic mass is 79.9. The van der Waals surface area contributed by atoms with E-state index in [1.165, 1.54) is 6.07 Å². The number of ether oxygens (including phenoxy) is 1. The molecule has 4 nitrogen and oxygen atoms in total. The SMILES string of the molecule is Cc1cc(Oc2ccc(CBr)cc2Br)ccc1[N+](=O)[O-]. The summed E-state index contributed by atoms with van der Waals surface area (Å²) < 4.78 is 6.58. The molecule has 0 bridgehead atoms. The van der Waals surface area contributed by atoms with E-state index in [1.54, 1.807) is 19.1 Å². The van der Waals surface area contributed by atoms with Gasteiger partial charge in [0.2, 0.25) is 0 Å². The highest BCUT2D eigenvalue weighted by molar-refractivity contribution is 9.10. The standard InChI is InChI=1S/C14H11Br2NO3/c1-9-6-11(3-4-13(9)17(18)19)20-14-5-2-10(8-15)7-12(14)16/h2-7H,8H2,1H3. The first kappa shape index (κ1) is 15.0. The van der Waals surface area contributed by atoms with E-state index in [0.29, 0.717) is 17.1 Å². The van der Waals surface area contributed by atoms with Crippen LogP contribution in [-0.2, 0) is 5.33 Å². The monoisotopic (exact) mass is 399 g/mol. The lowest BCUT2D eigenvalue weighted by molar-refractivity contribution is -0.385. The highest BCUT2D eigenvalue weighted by Crippen LogP contribution is 2.32. The Kier molecular flexibility index (Phi) is 4.77. The summed E-state index contributed by atoms with van der Waals surface area (Å²) in [5.74, 6) is 1.24. The number of nitro benzene ring substituents is 1. The van der Waals surface area contributed by atoms with Crippen molar-refractivity contribution in [3.05, 3.63) is 62.1 Å². The number of aryl methyl sites for hydroxylation is 1. The van der Waals surface area contributed by atoms with Crippen LogP contribution in [0.15, 0.2) is 40.9 Å². The van der Waals surface area contributed by atoms with E-state index < -0.39 is 4.92 Å². The number of benzene rings is 2. The third-order valence-electron chi connectivity index (χ3n) is 2.74. The van der Waals surface area contributed by atoms with Crippen LogP contribution < -0.4 is 4.74 Å². The highest BCUT2D eigenvalue weighted by Gasteiger charge is 2.11. The van der Waals surface area contributed by atoms with Crippen LogP contribution >= 0.6 is 31.9 Å². The molecule has 0 atom stereocenters. The van der Waals surface area contributed by atoms with Crippen molar-refractivity contribution < 1.29 is 9.66 Å². The molecule has 0 N–H and O–H groups in total. The maximum absolute atomic E-state index is 10.8. The Balaban J connectivity index is 2.26. The van der Waals surface area contributed by atoms with Crippen LogP contribution in [0.4, 0.5) is 5.69 Å². The maximum Gasteiger partial charge on any atom is 0.272 e. The molecule has 104 valence electrons. The number of nitro groups is 1. The molecule has 20 heavy (non-hydrogen) atoms. The molecule has 2 aromatic carbocycles. The third-order valence-corrected chi connectivity index (χ3v) is 4.01. The van der Waals surface area contributed by atoms with Gasteiger partial charge in [-0.1, -0.05) is 22.0 Å².